The predicted octanol–water partition coefficient (Wildman–Crippen LogP) is 3.74. The van der Waals surface area contributed by atoms with E-state index in [1.807, 2.05) is 6.07 Å². The SMILES string of the molecule is FC(F)(F)C1(Nc2ccnc3ccccc23)CC1. The second kappa shape index (κ2) is 3.60. The van der Waals surface area contributed by atoms with Crippen LogP contribution in [0, 0.1) is 0 Å². The maximum Gasteiger partial charge on any atom is 0.411 e. The van der Waals surface area contributed by atoms with Crippen LogP contribution in [0.1, 0.15) is 12.8 Å². The van der Waals surface area contributed by atoms with Crippen molar-refractivity contribution < 1.29 is 13.2 Å². The number of hydrogen-bond acceptors (Lipinski definition) is 2. The van der Waals surface area contributed by atoms with E-state index in [1.165, 1.54) is 6.20 Å². The summed E-state index contributed by atoms with van der Waals surface area (Å²) in [5.41, 5.74) is -0.548. The highest BCUT2D eigenvalue weighted by atomic mass is 19.4. The molecular weight excluding hydrogens is 241 g/mol. The van der Waals surface area contributed by atoms with Gasteiger partial charge in [0.15, 0.2) is 0 Å². The van der Waals surface area contributed by atoms with E-state index in [0.717, 1.165) is 5.39 Å². The first-order valence-electron chi connectivity index (χ1n) is 5.71. The van der Waals surface area contributed by atoms with E-state index in [1.54, 1.807) is 24.3 Å². The van der Waals surface area contributed by atoms with Crippen LogP contribution in [0.4, 0.5) is 18.9 Å². The number of aromatic nitrogens is 1. The molecule has 1 N–H and O–H groups in total. The van der Waals surface area contributed by atoms with Gasteiger partial charge in [0, 0.05) is 17.3 Å². The van der Waals surface area contributed by atoms with Crippen molar-refractivity contribution >= 4 is 16.6 Å². The van der Waals surface area contributed by atoms with Crippen LogP contribution in [0.25, 0.3) is 10.9 Å². The summed E-state index contributed by atoms with van der Waals surface area (Å²) in [6.07, 6.45) is -2.42. The van der Waals surface area contributed by atoms with Crippen molar-refractivity contribution in [1.82, 2.24) is 4.98 Å². The molecule has 0 bridgehead atoms. The normalized spacial score (nSPS) is 17.7. The van der Waals surface area contributed by atoms with Crippen LogP contribution in [0.2, 0.25) is 0 Å². The molecule has 1 aliphatic rings. The first-order chi connectivity index (χ1) is 8.52. The molecule has 0 aliphatic heterocycles. The summed E-state index contributed by atoms with van der Waals surface area (Å²) in [7, 11) is 0. The molecule has 0 radical (unpaired) electrons. The highest BCUT2D eigenvalue weighted by molar-refractivity contribution is 5.91. The van der Waals surface area contributed by atoms with Gasteiger partial charge < -0.3 is 5.32 Å². The number of hydrogen-bond donors (Lipinski definition) is 1. The molecule has 0 spiro atoms. The second-order valence-electron chi connectivity index (χ2n) is 4.58. The standard InChI is InChI=1S/C13H11F3N2/c14-13(15,16)12(6-7-12)18-11-5-8-17-10-4-2-1-3-9(10)11/h1-5,8H,6-7H2,(H,17,18). The van der Waals surface area contributed by atoms with Crippen LogP contribution in [-0.2, 0) is 0 Å². The molecule has 0 saturated heterocycles. The van der Waals surface area contributed by atoms with Gasteiger partial charge in [0.1, 0.15) is 5.54 Å². The van der Waals surface area contributed by atoms with Crippen LogP contribution < -0.4 is 5.32 Å². The summed E-state index contributed by atoms with van der Waals surface area (Å²) in [6.45, 7) is 0. The third kappa shape index (κ3) is 1.70. The number of pyridine rings is 1. The maximum atomic E-state index is 12.9. The summed E-state index contributed by atoms with van der Waals surface area (Å²) in [5.74, 6) is 0. The fraction of sp³-hybridized carbons (Fsp3) is 0.308. The number of nitrogens with zero attached hydrogens (tertiary/aromatic N) is 1. The zero-order chi connectivity index (χ0) is 12.8. The van der Waals surface area contributed by atoms with Gasteiger partial charge in [-0.3, -0.25) is 4.98 Å². The van der Waals surface area contributed by atoms with Gasteiger partial charge in [-0.05, 0) is 25.0 Å². The predicted molar refractivity (Wildman–Crippen MR) is 63.4 cm³/mol. The molecule has 0 unspecified atom stereocenters. The number of benzene rings is 1. The highest BCUT2D eigenvalue weighted by Gasteiger charge is 2.63. The lowest BCUT2D eigenvalue weighted by Crippen LogP contribution is -2.38. The van der Waals surface area contributed by atoms with Crippen LogP contribution >= 0.6 is 0 Å². The Morgan fingerprint density at radius 3 is 2.50 bits per heavy atom. The lowest BCUT2D eigenvalue weighted by molar-refractivity contribution is -0.151. The first-order valence-corrected chi connectivity index (χ1v) is 5.71. The minimum Gasteiger partial charge on any atom is -0.371 e. The molecule has 0 atom stereocenters. The van der Waals surface area contributed by atoms with Crippen LogP contribution in [0.15, 0.2) is 36.5 Å². The Hall–Kier alpha value is -1.78. The third-order valence-corrected chi connectivity index (χ3v) is 3.32. The van der Waals surface area contributed by atoms with E-state index < -0.39 is 11.7 Å². The zero-order valence-corrected chi connectivity index (χ0v) is 9.46. The largest absolute Gasteiger partial charge is 0.411 e. The molecule has 2 nitrogen and oxygen atoms in total. The molecule has 1 saturated carbocycles. The number of halogens is 3. The van der Waals surface area contributed by atoms with Crippen molar-refractivity contribution in [3.63, 3.8) is 0 Å². The highest BCUT2D eigenvalue weighted by Crippen LogP contribution is 2.51. The average molecular weight is 252 g/mol. The second-order valence-corrected chi connectivity index (χ2v) is 4.58. The average Bonchev–Trinajstić information content (AvgIpc) is 3.10. The Morgan fingerprint density at radius 1 is 1.11 bits per heavy atom. The Bertz CT molecular complexity index is 583. The molecule has 5 heteroatoms. The van der Waals surface area contributed by atoms with Gasteiger partial charge in [-0.15, -0.1) is 0 Å². The van der Waals surface area contributed by atoms with E-state index in [4.69, 9.17) is 0 Å². The maximum absolute atomic E-state index is 12.9. The van der Waals surface area contributed by atoms with Crippen molar-refractivity contribution in [3.8, 4) is 0 Å². The number of fused-ring (bicyclic) bond motifs is 1. The lowest BCUT2D eigenvalue weighted by Gasteiger charge is -2.22. The minimum absolute atomic E-state index is 0.132. The van der Waals surface area contributed by atoms with Crippen LogP contribution in [-0.4, -0.2) is 16.7 Å². The van der Waals surface area contributed by atoms with Crippen molar-refractivity contribution in [3.05, 3.63) is 36.5 Å². The number of rotatable bonds is 2. The quantitative estimate of drug-likeness (QED) is 0.880. The molecule has 0 amide bonds. The van der Waals surface area contributed by atoms with Crippen molar-refractivity contribution in [2.75, 3.05) is 5.32 Å². The minimum atomic E-state index is -4.21. The molecule has 2 aromatic rings. The number of anilines is 1. The van der Waals surface area contributed by atoms with Crippen LogP contribution in [0.5, 0.6) is 0 Å². The smallest absolute Gasteiger partial charge is 0.371 e. The molecule has 1 aromatic carbocycles. The number of nitrogens with one attached hydrogen (secondary N) is 1. The van der Waals surface area contributed by atoms with E-state index in [0.29, 0.717) is 11.2 Å². The molecule has 1 aliphatic carbocycles. The van der Waals surface area contributed by atoms with Gasteiger partial charge in [-0.25, -0.2) is 0 Å². The summed E-state index contributed by atoms with van der Waals surface area (Å²) in [6, 6.07) is 8.76. The Labute approximate surface area is 102 Å². The fourth-order valence-electron chi connectivity index (χ4n) is 2.07. The molecule has 1 aromatic heterocycles. The van der Waals surface area contributed by atoms with E-state index >= 15 is 0 Å². The van der Waals surface area contributed by atoms with Crippen molar-refractivity contribution in [2.45, 2.75) is 24.6 Å². The van der Waals surface area contributed by atoms with Crippen molar-refractivity contribution in [2.24, 2.45) is 0 Å². The molecule has 1 fully saturated rings. The van der Waals surface area contributed by atoms with E-state index in [2.05, 4.69) is 10.3 Å². The Morgan fingerprint density at radius 2 is 1.83 bits per heavy atom. The van der Waals surface area contributed by atoms with Gasteiger partial charge in [0.25, 0.3) is 0 Å². The zero-order valence-electron chi connectivity index (χ0n) is 9.46. The summed E-state index contributed by atoms with van der Waals surface area (Å²) in [4.78, 5) is 4.13. The molecule has 18 heavy (non-hydrogen) atoms. The van der Waals surface area contributed by atoms with Crippen molar-refractivity contribution in [1.29, 1.82) is 0 Å². The number of alkyl halides is 3. The van der Waals surface area contributed by atoms with Gasteiger partial charge in [0.05, 0.1) is 5.52 Å². The van der Waals surface area contributed by atoms with Gasteiger partial charge in [-0.1, -0.05) is 18.2 Å². The van der Waals surface area contributed by atoms with E-state index in [9.17, 15) is 13.2 Å². The molecule has 94 valence electrons. The molecule has 1 heterocycles. The lowest BCUT2D eigenvalue weighted by atomic mass is 10.1. The fourth-order valence-corrected chi connectivity index (χ4v) is 2.07. The Balaban J connectivity index is 2.01. The Kier molecular flexibility index (Phi) is 2.27. The van der Waals surface area contributed by atoms with E-state index in [-0.39, 0.29) is 12.8 Å². The van der Waals surface area contributed by atoms with Gasteiger partial charge in [0.2, 0.25) is 0 Å². The van der Waals surface area contributed by atoms with Gasteiger partial charge in [-0.2, -0.15) is 13.2 Å². The molecular formula is C13H11F3N2. The summed E-state index contributed by atoms with van der Waals surface area (Å²) in [5, 5.41) is 3.37. The topological polar surface area (TPSA) is 24.9 Å². The summed E-state index contributed by atoms with van der Waals surface area (Å²) >= 11 is 0. The van der Waals surface area contributed by atoms with Gasteiger partial charge >= 0.3 is 6.18 Å². The first kappa shape index (κ1) is 11.3. The monoisotopic (exact) mass is 252 g/mol. The van der Waals surface area contributed by atoms with Crippen LogP contribution in [0.3, 0.4) is 0 Å². The third-order valence-electron chi connectivity index (χ3n) is 3.32. The number of para-hydroxylation sites is 1. The summed E-state index contributed by atoms with van der Waals surface area (Å²) < 4.78 is 38.7. The molecule has 3 rings (SSSR count).